The molecule has 0 amide bonds. The van der Waals surface area contributed by atoms with E-state index < -0.39 is 11.6 Å². The predicted molar refractivity (Wildman–Crippen MR) is 95.7 cm³/mol. The van der Waals surface area contributed by atoms with Crippen molar-refractivity contribution in [1.82, 2.24) is 0 Å². The van der Waals surface area contributed by atoms with Crippen molar-refractivity contribution in [3.63, 3.8) is 0 Å². The Kier molecular flexibility index (Phi) is 6.72. The van der Waals surface area contributed by atoms with Crippen LogP contribution in [0, 0.1) is 17.6 Å². The van der Waals surface area contributed by atoms with Gasteiger partial charge in [0.05, 0.1) is 13.2 Å². The zero-order valence-electron chi connectivity index (χ0n) is 14.9. The van der Waals surface area contributed by atoms with Crippen LogP contribution in [-0.2, 0) is 14.2 Å². The summed E-state index contributed by atoms with van der Waals surface area (Å²) in [6, 6.07) is 11.4. The molecule has 1 heterocycles. The summed E-state index contributed by atoms with van der Waals surface area (Å²) in [5.41, 5.74) is 2.37. The molecule has 140 valence electrons. The maximum Gasteiger partial charge on any atom is 0.183 e. The van der Waals surface area contributed by atoms with Crippen molar-refractivity contribution in [2.75, 3.05) is 26.4 Å². The summed E-state index contributed by atoms with van der Waals surface area (Å²) in [5.74, 6) is -1.29. The highest BCUT2D eigenvalue weighted by molar-refractivity contribution is 5.63. The van der Waals surface area contributed by atoms with Gasteiger partial charge in [0.25, 0.3) is 0 Å². The van der Waals surface area contributed by atoms with Crippen LogP contribution in [0.25, 0.3) is 11.1 Å². The highest BCUT2D eigenvalue weighted by Gasteiger charge is 2.23. The lowest BCUT2D eigenvalue weighted by Crippen LogP contribution is -2.27. The predicted octanol–water partition coefficient (Wildman–Crippen LogP) is 5.11. The van der Waals surface area contributed by atoms with E-state index in [9.17, 15) is 8.78 Å². The minimum atomic E-state index is -0.846. The number of hydrogen-bond acceptors (Lipinski definition) is 3. The average Bonchev–Trinajstić information content (AvgIpc) is 2.68. The molecule has 0 bridgehead atoms. The summed E-state index contributed by atoms with van der Waals surface area (Å²) in [4.78, 5) is 0. The molecule has 0 radical (unpaired) electrons. The molecule has 0 spiro atoms. The first-order chi connectivity index (χ1) is 12.7. The molecular weight excluding hydrogens is 338 g/mol. The van der Waals surface area contributed by atoms with Gasteiger partial charge in [-0.05, 0) is 43.0 Å². The number of rotatable bonds is 7. The number of halogens is 2. The van der Waals surface area contributed by atoms with Crippen LogP contribution < -0.4 is 0 Å². The summed E-state index contributed by atoms with van der Waals surface area (Å²) in [5, 5.41) is 0. The molecular formula is C21H24F2O3. The van der Waals surface area contributed by atoms with E-state index in [0.717, 1.165) is 43.2 Å². The lowest BCUT2D eigenvalue weighted by atomic mass is 10.0. The zero-order valence-corrected chi connectivity index (χ0v) is 14.9. The Morgan fingerprint density at radius 1 is 0.962 bits per heavy atom. The molecule has 0 unspecified atom stereocenters. The maximum absolute atomic E-state index is 13.4. The molecule has 1 aliphatic heterocycles. The summed E-state index contributed by atoms with van der Waals surface area (Å²) < 4.78 is 43.5. The van der Waals surface area contributed by atoms with E-state index in [1.165, 1.54) is 6.07 Å². The molecule has 1 aliphatic rings. The van der Waals surface area contributed by atoms with Crippen molar-refractivity contribution in [3.05, 3.63) is 59.7 Å². The maximum atomic E-state index is 13.4. The van der Waals surface area contributed by atoms with E-state index >= 15 is 0 Å². The highest BCUT2D eigenvalue weighted by Crippen LogP contribution is 2.29. The van der Waals surface area contributed by atoms with Gasteiger partial charge < -0.3 is 14.2 Å². The topological polar surface area (TPSA) is 27.7 Å². The number of hydrogen-bond donors (Lipinski definition) is 0. The van der Waals surface area contributed by atoms with Crippen LogP contribution >= 0.6 is 0 Å². The SMILES string of the molecule is CCOCCCC1COC(c2ccc(-c3ccc(F)c(F)c3)cc2)OC1. The smallest absolute Gasteiger partial charge is 0.183 e. The quantitative estimate of drug-likeness (QED) is 0.641. The molecule has 0 aliphatic carbocycles. The van der Waals surface area contributed by atoms with Gasteiger partial charge in [-0.25, -0.2) is 8.78 Å². The first-order valence-electron chi connectivity index (χ1n) is 9.03. The summed E-state index contributed by atoms with van der Waals surface area (Å²) in [6.45, 7) is 4.86. The third-order valence-electron chi connectivity index (χ3n) is 4.51. The zero-order chi connectivity index (χ0) is 18.4. The van der Waals surface area contributed by atoms with E-state index in [1.54, 1.807) is 6.07 Å². The van der Waals surface area contributed by atoms with Crippen LogP contribution in [0.2, 0.25) is 0 Å². The number of ether oxygens (including phenoxy) is 3. The molecule has 5 heteroatoms. The molecule has 26 heavy (non-hydrogen) atoms. The summed E-state index contributed by atoms with van der Waals surface area (Å²) in [7, 11) is 0. The van der Waals surface area contributed by atoms with Crippen LogP contribution in [0.3, 0.4) is 0 Å². The van der Waals surface area contributed by atoms with Gasteiger partial charge in [-0.15, -0.1) is 0 Å². The van der Waals surface area contributed by atoms with Crippen molar-refractivity contribution in [2.24, 2.45) is 5.92 Å². The lowest BCUT2D eigenvalue weighted by Gasteiger charge is -2.29. The van der Waals surface area contributed by atoms with Crippen molar-refractivity contribution in [2.45, 2.75) is 26.1 Å². The Balaban J connectivity index is 1.54. The molecule has 0 N–H and O–H groups in total. The Bertz CT molecular complexity index is 695. The van der Waals surface area contributed by atoms with Crippen molar-refractivity contribution < 1.29 is 23.0 Å². The van der Waals surface area contributed by atoms with Crippen LogP contribution in [0.5, 0.6) is 0 Å². The summed E-state index contributed by atoms with van der Waals surface area (Å²) >= 11 is 0. The molecule has 0 saturated carbocycles. The molecule has 1 fully saturated rings. The van der Waals surface area contributed by atoms with Gasteiger partial charge in [0, 0.05) is 24.7 Å². The van der Waals surface area contributed by atoms with E-state index in [4.69, 9.17) is 14.2 Å². The Morgan fingerprint density at radius 2 is 1.65 bits per heavy atom. The standard InChI is InChI=1S/C21H24F2O3/c1-2-24-11-3-4-15-13-25-21(26-14-15)17-7-5-16(6-8-17)18-9-10-19(22)20(23)12-18/h5-10,12,15,21H,2-4,11,13-14H2,1H3. The van der Waals surface area contributed by atoms with Crippen LogP contribution in [0.15, 0.2) is 42.5 Å². The summed E-state index contributed by atoms with van der Waals surface area (Å²) in [6.07, 6.45) is 1.66. The second-order valence-corrected chi connectivity index (χ2v) is 6.45. The van der Waals surface area contributed by atoms with E-state index in [1.807, 2.05) is 31.2 Å². The fourth-order valence-electron chi connectivity index (χ4n) is 3.03. The fourth-order valence-corrected chi connectivity index (χ4v) is 3.03. The second kappa shape index (κ2) is 9.21. The van der Waals surface area contributed by atoms with Crippen molar-refractivity contribution >= 4 is 0 Å². The van der Waals surface area contributed by atoms with Gasteiger partial charge in [0.2, 0.25) is 0 Å². The molecule has 0 aromatic heterocycles. The van der Waals surface area contributed by atoms with E-state index in [0.29, 0.717) is 24.7 Å². The monoisotopic (exact) mass is 362 g/mol. The normalized spacial score (nSPS) is 20.3. The van der Waals surface area contributed by atoms with E-state index in [-0.39, 0.29) is 6.29 Å². The molecule has 3 rings (SSSR count). The van der Waals surface area contributed by atoms with Gasteiger partial charge in [-0.3, -0.25) is 0 Å². The minimum absolute atomic E-state index is 0.378. The largest absolute Gasteiger partial charge is 0.382 e. The first kappa shape index (κ1) is 19.0. The van der Waals surface area contributed by atoms with Crippen LogP contribution in [0.4, 0.5) is 8.78 Å². The van der Waals surface area contributed by atoms with Crippen LogP contribution in [-0.4, -0.2) is 26.4 Å². The van der Waals surface area contributed by atoms with Crippen LogP contribution in [0.1, 0.15) is 31.6 Å². The highest BCUT2D eigenvalue weighted by atomic mass is 19.2. The van der Waals surface area contributed by atoms with E-state index in [2.05, 4.69) is 0 Å². The van der Waals surface area contributed by atoms with Gasteiger partial charge in [-0.1, -0.05) is 30.3 Å². The Labute approximate surface area is 152 Å². The lowest BCUT2D eigenvalue weighted by molar-refractivity contribution is -0.206. The minimum Gasteiger partial charge on any atom is -0.382 e. The number of benzene rings is 2. The second-order valence-electron chi connectivity index (χ2n) is 6.45. The molecule has 1 saturated heterocycles. The molecule has 2 aromatic rings. The molecule has 0 atom stereocenters. The Morgan fingerprint density at radius 3 is 2.31 bits per heavy atom. The average molecular weight is 362 g/mol. The van der Waals surface area contributed by atoms with Crippen molar-refractivity contribution in [1.29, 1.82) is 0 Å². The van der Waals surface area contributed by atoms with Gasteiger partial charge >= 0.3 is 0 Å². The van der Waals surface area contributed by atoms with Gasteiger partial charge in [-0.2, -0.15) is 0 Å². The third kappa shape index (κ3) is 4.87. The van der Waals surface area contributed by atoms with Gasteiger partial charge in [0.15, 0.2) is 17.9 Å². The Hall–Kier alpha value is -1.82. The fraction of sp³-hybridized carbons (Fsp3) is 0.429. The third-order valence-corrected chi connectivity index (χ3v) is 4.51. The van der Waals surface area contributed by atoms with Crippen molar-refractivity contribution in [3.8, 4) is 11.1 Å². The first-order valence-corrected chi connectivity index (χ1v) is 9.03. The molecule has 2 aromatic carbocycles. The molecule has 3 nitrogen and oxygen atoms in total. The van der Waals surface area contributed by atoms with Gasteiger partial charge in [0.1, 0.15) is 0 Å².